The van der Waals surface area contributed by atoms with Crippen LogP contribution in [0.4, 0.5) is 13.2 Å². The Morgan fingerprint density at radius 1 is 1.17 bits per heavy atom. The Labute approximate surface area is 112 Å². The zero-order valence-corrected chi connectivity index (χ0v) is 11.6. The van der Waals surface area contributed by atoms with E-state index in [-0.39, 0.29) is 6.54 Å². The monoisotopic (exact) mass is 345 g/mol. The summed E-state index contributed by atoms with van der Waals surface area (Å²) in [5.74, 6) is 0. The summed E-state index contributed by atoms with van der Waals surface area (Å²) in [5, 5.41) is 0. The van der Waals surface area contributed by atoms with Gasteiger partial charge in [-0.05, 0) is 5.56 Å². The fraction of sp³-hybridized carbons (Fsp3) is 0.400. The SMILES string of the molecule is O=S(=O)(CBr)N(Cc1ccccc1)CC(F)(F)F. The van der Waals surface area contributed by atoms with Crippen molar-refractivity contribution in [2.24, 2.45) is 0 Å². The minimum absolute atomic E-state index is 0.297. The van der Waals surface area contributed by atoms with Gasteiger partial charge in [-0.3, -0.25) is 0 Å². The van der Waals surface area contributed by atoms with Crippen molar-refractivity contribution >= 4 is 26.0 Å². The highest BCUT2D eigenvalue weighted by Crippen LogP contribution is 2.21. The van der Waals surface area contributed by atoms with Crippen LogP contribution in [0, 0.1) is 0 Å². The van der Waals surface area contributed by atoms with E-state index in [2.05, 4.69) is 15.9 Å². The summed E-state index contributed by atoms with van der Waals surface area (Å²) >= 11 is 2.70. The lowest BCUT2D eigenvalue weighted by Gasteiger charge is -2.22. The van der Waals surface area contributed by atoms with Crippen molar-refractivity contribution in [2.75, 3.05) is 11.2 Å². The molecule has 0 radical (unpaired) electrons. The molecule has 3 nitrogen and oxygen atoms in total. The van der Waals surface area contributed by atoms with Crippen LogP contribution in [-0.4, -0.2) is 30.1 Å². The first-order chi connectivity index (χ1) is 8.24. The Kier molecular flexibility index (Phi) is 5.18. The van der Waals surface area contributed by atoms with Crippen LogP contribution in [0.25, 0.3) is 0 Å². The van der Waals surface area contributed by atoms with Gasteiger partial charge in [-0.25, -0.2) is 8.42 Å². The molecule has 1 aromatic carbocycles. The molecule has 102 valence electrons. The first kappa shape index (κ1) is 15.5. The molecule has 1 rings (SSSR count). The molecular weight excluding hydrogens is 335 g/mol. The number of halogens is 4. The standard InChI is InChI=1S/C10H11BrF3NO2S/c11-8-18(16,17)15(7-10(12,13)14)6-9-4-2-1-3-5-9/h1-5H,6-8H2. The Morgan fingerprint density at radius 3 is 2.17 bits per heavy atom. The highest BCUT2D eigenvalue weighted by Gasteiger charge is 2.35. The minimum atomic E-state index is -4.57. The second kappa shape index (κ2) is 6.03. The highest BCUT2D eigenvalue weighted by atomic mass is 79.9. The first-order valence-corrected chi connectivity index (χ1v) is 7.62. The molecule has 0 heterocycles. The molecule has 0 N–H and O–H groups in total. The van der Waals surface area contributed by atoms with Crippen LogP contribution in [0.15, 0.2) is 30.3 Å². The van der Waals surface area contributed by atoms with Crippen LogP contribution < -0.4 is 0 Å². The Morgan fingerprint density at radius 2 is 1.72 bits per heavy atom. The molecule has 0 spiro atoms. The normalized spacial score (nSPS) is 12.9. The van der Waals surface area contributed by atoms with Crippen molar-refractivity contribution < 1.29 is 21.6 Å². The van der Waals surface area contributed by atoms with Gasteiger partial charge in [0.25, 0.3) is 0 Å². The fourth-order valence-electron chi connectivity index (χ4n) is 1.31. The number of alkyl halides is 4. The van der Waals surface area contributed by atoms with Crippen molar-refractivity contribution in [3.05, 3.63) is 35.9 Å². The molecule has 18 heavy (non-hydrogen) atoms. The van der Waals surface area contributed by atoms with Gasteiger partial charge in [-0.15, -0.1) is 0 Å². The van der Waals surface area contributed by atoms with Crippen LogP contribution in [0.3, 0.4) is 0 Å². The molecule has 0 fully saturated rings. The predicted octanol–water partition coefficient (Wildman–Crippen LogP) is 2.73. The number of hydrogen-bond acceptors (Lipinski definition) is 2. The Hall–Kier alpha value is -0.600. The third-order valence-electron chi connectivity index (χ3n) is 2.09. The van der Waals surface area contributed by atoms with E-state index in [4.69, 9.17) is 0 Å². The molecule has 0 unspecified atom stereocenters. The van der Waals surface area contributed by atoms with Gasteiger partial charge in [0.15, 0.2) is 0 Å². The van der Waals surface area contributed by atoms with Crippen molar-refractivity contribution in [3.8, 4) is 0 Å². The second-order valence-corrected chi connectivity index (χ2v) is 6.86. The Balaban J connectivity index is 2.92. The lowest BCUT2D eigenvalue weighted by atomic mass is 10.2. The molecule has 0 bridgehead atoms. The summed E-state index contributed by atoms with van der Waals surface area (Å²) in [4.78, 5) is 0. The quantitative estimate of drug-likeness (QED) is 0.769. The molecule has 0 aliphatic heterocycles. The molecule has 8 heteroatoms. The van der Waals surface area contributed by atoms with Gasteiger partial charge in [-0.1, -0.05) is 46.3 Å². The molecule has 0 aliphatic carbocycles. The fourth-order valence-corrected chi connectivity index (χ4v) is 3.00. The van der Waals surface area contributed by atoms with Crippen molar-refractivity contribution in [1.29, 1.82) is 0 Å². The largest absolute Gasteiger partial charge is 0.402 e. The van der Waals surface area contributed by atoms with Crippen LogP contribution >= 0.6 is 15.9 Å². The molecule has 0 atom stereocenters. The third-order valence-corrected chi connectivity index (χ3v) is 5.15. The second-order valence-electron chi connectivity index (χ2n) is 3.59. The number of benzene rings is 1. The number of rotatable bonds is 5. The lowest BCUT2D eigenvalue weighted by molar-refractivity contribution is -0.136. The number of hydrogen-bond donors (Lipinski definition) is 0. The van der Waals surface area contributed by atoms with E-state index in [1.54, 1.807) is 30.3 Å². The summed E-state index contributed by atoms with van der Waals surface area (Å²) in [6, 6.07) is 8.14. The zero-order chi connectivity index (χ0) is 13.8. The maximum Gasteiger partial charge on any atom is 0.402 e. The zero-order valence-electron chi connectivity index (χ0n) is 9.19. The van der Waals surface area contributed by atoms with Crippen LogP contribution in [-0.2, 0) is 16.6 Å². The molecule has 1 aromatic rings. The van der Waals surface area contributed by atoms with Gasteiger partial charge in [0.2, 0.25) is 10.0 Å². The average Bonchev–Trinajstić information content (AvgIpc) is 2.28. The third kappa shape index (κ3) is 4.95. The summed E-state index contributed by atoms with van der Waals surface area (Å²) in [6.07, 6.45) is -4.57. The minimum Gasteiger partial charge on any atom is -0.211 e. The van der Waals surface area contributed by atoms with E-state index < -0.39 is 27.4 Å². The van der Waals surface area contributed by atoms with Gasteiger partial charge in [0, 0.05) is 6.54 Å². The average molecular weight is 346 g/mol. The van der Waals surface area contributed by atoms with Gasteiger partial charge < -0.3 is 0 Å². The molecule has 0 aromatic heterocycles. The topological polar surface area (TPSA) is 37.4 Å². The first-order valence-electron chi connectivity index (χ1n) is 4.89. The van der Waals surface area contributed by atoms with E-state index in [1.807, 2.05) is 0 Å². The van der Waals surface area contributed by atoms with E-state index in [0.29, 0.717) is 9.87 Å². The van der Waals surface area contributed by atoms with Crippen molar-refractivity contribution in [3.63, 3.8) is 0 Å². The smallest absolute Gasteiger partial charge is 0.211 e. The number of nitrogens with zero attached hydrogens (tertiary/aromatic N) is 1. The maximum atomic E-state index is 12.4. The van der Waals surface area contributed by atoms with Gasteiger partial charge in [0.1, 0.15) is 11.2 Å². The predicted molar refractivity (Wildman–Crippen MR) is 65.6 cm³/mol. The molecule has 0 saturated carbocycles. The van der Waals surface area contributed by atoms with Gasteiger partial charge in [-0.2, -0.15) is 17.5 Å². The van der Waals surface area contributed by atoms with E-state index in [1.165, 1.54) is 0 Å². The lowest BCUT2D eigenvalue weighted by Crippen LogP contribution is -2.38. The molecule has 0 saturated heterocycles. The highest BCUT2D eigenvalue weighted by molar-refractivity contribution is 9.10. The summed E-state index contributed by atoms with van der Waals surface area (Å²) in [6.45, 7) is -1.79. The van der Waals surface area contributed by atoms with Gasteiger partial charge >= 0.3 is 6.18 Å². The van der Waals surface area contributed by atoms with Crippen molar-refractivity contribution in [2.45, 2.75) is 12.7 Å². The molecule has 0 amide bonds. The van der Waals surface area contributed by atoms with Crippen molar-refractivity contribution in [1.82, 2.24) is 4.31 Å². The van der Waals surface area contributed by atoms with Crippen LogP contribution in [0.2, 0.25) is 0 Å². The maximum absolute atomic E-state index is 12.4. The Bertz CT molecular complexity index is 476. The summed E-state index contributed by atoms with van der Waals surface area (Å²) in [5.41, 5.74) is 0.506. The molecular formula is C10H11BrF3NO2S. The van der Waals surface area contributed by atoms with Crippen LogP contribution in [0.5, 0.6) is 0 Å². The van der Waals surface area contributed by atoms with E-state index in [0.717, 1.165) is 0 Å². The molecule has 0 aliphatic rings. The van der Waals surface area contributed by atoms with E-state index in [9.17, 15) is 21.6 Å². The van der Waals surface area contributed by atoms with Gasteiger partial charge in [0.05, 0.1) is 0 Å². The van der Waals surface area contributed by atoms with E-state index >= 15 is 0 Å². The number of sulfonamides is 1. The summed E-state index contributed by atoms with van der Waals surface area (Å²) in [7, 11) is -3.96. The van der Waals surface area contributed by atoms with Crippen LogP contribution in [0.1, 0.15) is 5.56 Å². The summed E-state index contributed by atoms with van der Waals surface area (Å²) < 4.78 is 60.1.